The quantitative estimate of drug-likeness (QED) is 0.331. The van der Waals surface area contributed by atoms with Crippen molar-refractivity contribution in [2.24, 2.45) is 17.3 Å². The van der Waals surface area contributed by atoms with Crippen LogP contribution >= 0.6 is 0 Å². The Kier molecular flexibility index (Phi) is 10.8. The van der Waals surface area contributed by atoms with Gasteiger partial charge < -0.3 is 16.4 Å². The second-order valence-electron chi connectivity index (χ2n) is 8.69. The molecule has 0 amide bonds. The summed E-state index contributed by atoms with van der Waals surface area (Å²) >= 11 is 0. The average molecular weight is 407 g/mol. The van der Waals surface area contributed by atoms with Gasteiger partial charge in [0.15, 0.2) is 6.17 Å². The van der Waals surface area contributed by atoms with E-state index in [9.17, 15) is 14.3 Å². The van der Waals surface area contributed by atoms with Crippen molar-refractivity contribution < 1.29 is 55.1 Å². The maximum Gasteiger partial charge on any atom is 1.00 e. The number of allylic oxidation sites excluding steroid dienone is 3. The first-order valence-electron chi connectivity index (χ1n) is 10.3. The Morgan fingerprint density at radius 2 is 2.11 bits per heavy atom. The molecule has 4 nitrogen and oxygen atoms in total. The number of aliphatic carboxylic acids is 1. The summed E-state index contributed by atoms with van der Waals surface area (Å²) in [6.45, 7) is 6.29. The van der Waals surface area contributed by atoms with Crippen LogP contribution in [0.5, 0.6) is 0 Å². The molecule has 2 N–H and O–H groups in total. The molecule has 2 fully saturated rings. The largest absolute Gasteiger partial charge is 1.00 e. The molecule has 1 unspecified atom stereocenters. The van der Waals surface area contributed by atoms with Gasteiger partial charge in [-0.2, -0.15) is 0 Å². The van der Waals surface area contributed by atoms with E-state index in [2.05, 4.69) is 20.8 Å². The van der Waals surface area contributed by atoms with Crippen LogP contribution in [0.4, 0.5) is 4.39 Å². The van der Waals surface area contributed by atoms with E-state index in [1.165, 1.54) is 0 Å². The Hall–Kier alpha value is -0.360. The predicted molar refractivity (Wildman–Crippen MR) is 105 cm³/mol. The number of aliphatic hydroxyl groups excluding tert-OH is 1. The monoisotopic (exact) mass is 406 g/mol. The number of fused-ring (bicyclic) bond motifs is 1. The van der Waals surface area contributed by atoms with Crippen LogP contribution in [0.1, 0.15) is 73.6 Å². The number of hydrogen-bond acceptors (Lipinski definition) is 3. The van der Waals surface area contributed by atoms with E-state index in [0.29, 0.717) is 18.6 Å². The molecule has 6 heteroatoms. The van der Waals surface area contributed by atoms with E-state index in [0.717, 1.165) is 32.1 Å². The van der Waals surface area contributed by atoms with E-state index in [1.807, 2.05) is 12.2 Å². The zero-order valence-electron chi connectivity index (χ0n) is 18.9. The molecule has 156 valence electrons. The summed E-state index contributed by atoms with van der Waals surface area (Å²) in [5.74, 6) is -0.582. The number of rotatable bonds is 10. The molecule has 1 aliphatic carbocycles. The van der Waals surface area contributed by atoms with Crippen LogP contribution in [0, 0.1) is 17.3 Å². The molecule has 0 aromatic rings. The molecule has 0 spiro atoms. The second kappa shape index (κ2) is 11.7. The molecule has 2 aliphatic rings. The van der Waals surface area contributed by atoms with Gasteiger partial charge in [0.25, 0.3) is 0 Å². The predicted octanol–water partition coefficient (Wildman–Crippen LogP) is 2.14. The van der Waals surface area contributed by atoms with Gasteiger partial charge in [-0.15, -0.1) is 0 Å². The van der Waals surface area contributed by atoms with Crippen molar-refractivity contribution in [3.63, 3.8) is 0 Å². The van der Waals surface area contributed by atoms with Crippen molar-refractivity contribution in [3.8, 4) is 0 Å². The summed E-state index contributed by atoms with van der Waals surface area (Å²) in [6, 6.07) is 0. The van der Waals surface area contributed by atoms with Crippen LogP contribution in [0.2, 0.25) is 0 Å². The van der Waals surface area contributed by atoms with Gasteiger partial charge in [-0.25, -0.2) is 4.39 Å². The molecule has 2 rings (SSSR count). The Labute approximate surface area is 192 Å². The zero-order valence-corrected chi connectivity index (χ0v) is 19.9. The molecule has 0 aromatic heterocycles. The van der Waals surface area contributed by atoms with Gasteiger partial charge in [0, 0.05) is 12.3 Å². The van der Waals surface area contributed by atoms with Gasteiger partial charge in [0.1, 0.15) is 11.9 Å². The number of aliphatic hydroxyl groups is 1. The first-order chi connectivity index (χ1) is 12.8. The third kappa shape index (κ3) is 6.86. The summed E-state index contributed by atoms with van der Waals surface area (Å²) in [5, 5.41) is 19.2. The van der Waals surface area contributed by atoms with Crippen molar-refractivity contribution in [1.82, 2.24) is 0 Å². The van der Waals surface area contributed by atoms with E-state index < -0.39 is 18.2 Å². The fourth-order valence-corrected chi connectivity index (χ4v) is 4.16. The van der Waals surface area contributed by atoms with Crippen LogP contribution < -0.4 is 29.6 Å². The van der Waals surface area contributed by atoms with E-state index >= 15 is 0 Å². The molecule has 1 saturated carbocycles. The van der Waals surface area contributed by atoms with Gasteiger partial charge in [-0.1, -0.05) is 45.8 Å². The number of alkyl halides is 1. The fraction of sp³-hybridized carbons (Fsp3) is 0.773. The van der Waals surface area contributed by atoms with Gasteiger partial charge in [0.2, 0.25) is 0 Å². The van der Waals surface area contributed by atoms with Crippen molar-refractivity contribution in [1.29, 1.82) is 0 Å². The molecule has 1 saturated heterocycles. The number of hydrogen-bond donors (Lipinski definition) is 2. The van der Waals surface area contributed by atoms with E-state index in [1.54, 1.807) is 6.08 Å². The molecule has 28 heavy (non-hydrogen) atoms. The number of carbonyl (C=O) groups is 1. The number of halogens is 1. The van der Waals surface area contributed by atoms with Gasteiger partial charge in [-0.3, -0.25) is 4.79 Å². The van der Waals surface area contributed by atoms with Crippen LogP contribution in [0.15, 0.2) is 24.0 Å². The Balaban J connectivity index is 0.00000392. The van der Waals surface area contributed by atoms with Gasteiger partial charge in [0.05, 0.1) is 6.10 Å². The van der Waals surface area contributed by atoms with E-state index in [4.69, 9.17) is 9.84 Å². The Morgan fingerprint density at radius 1 is 1.39 bits per heavy atom. The summed E-state index contributed by atoms with van der Waals surface area (Å²) in [7, 11) is 0. The normalized spacial score (nSPS) is 29.5. The minimum Gasteiger partial charge on any atom is -1.00 e. The number of carboxylic acids is 1. The molecule has 0 bridgehead atoms. The maximum absolute atomic E-state index is 14.9. The minimum absolute atomic E-state index is 0. The van der Waals surface area contributed by atoms with Crippen LogP contribution in [0.3, 0.4) is 0 Å². The zero-order chi connectivity index (χ0) is 20.0. The first-order valence-corrected chi connectivity index (χ1v) is 10.3. The van der Waals surface area contributed by atoms with Crippen LogP contribution in [0.25, 0.3) is 0 Å². The summed E-state index contributed by atoms with van der Waals surface area (Å²) in [4.78, 5) is 10.6. The smallest absolute Gasteiger partial charge is 1.00 e. The average Bonchev–Trinajstić information content (AvgIpc) is 3.15. The fourth-order valence-electron chi connectivity index (χ4n) is 4.16. The third-order valence-electron chi connectivity index (χ3n) is 6.06. The summed E-state index contributed by atoms with van der Waals surface area (Å²) in [5.41, 5.74) is -0.180. The third-order valence-corrected chi connectivity index (χ3v) is 6.06. The Bertz CT molecular complexity index is 567. The van der Waals surface area contributed by atoms with Crippen molar-refractivity contribution >= 4 is 5.97 Å². The second-order valence-corrected chi connectivity index (χ2v) is 8.69. The SMILES string of the molecule is CCCCC(C)(C)[C@H](O)/C=C/[C@H]1CC[C@@H]2O/C(=C\CCCC(=O)O)C(F)[C@@H]21.[H-].[Na+]. The number of carboxylic acid groups (broad SMARTS) is 1. The summed E-state index contributed by atoms with van der Waals surface area (Å²) < 4.78 is 20.7. The topological polar surface area (TPSA) is 66.8 Å². The van der Waals surface area contributed by atoms with Crippen molar-refractivity contribution in [3.05, 3.63) is 24.0 Å². The van der Waals surface area contributed by atoms with Crippen LogP contribution in [-0.2, 0) is 9.53 Å². The standard InChI is InChI=1S/C22H35FO4.Na.H/c1-4-5-14-22(2,3)18(24)13-11-15-10-12-16-20(15)21(23)17(27-16)8-6-7-9-19(25)26;;/h8,11,13,15-16,18,20-21,24H,4-7,9-10,12,14H2,1-3H3,(H,25,26);;/q;+1;-1/b13-11+,17-8-;;/t15-,16+,18-,20-,21?;;/m1../s1. The number of unbranched alkanes of at least 4 members (excludes halogenated alkanes) is 2. The minimum atomic E-state index is -1.14. The number of ether oxygens (including phenoxy) is 1. The molecular formula is C22H36FNaO4. The molecule has 0 radical (unpaired) electrons. The van der Waals surface area contributed by atoms with Crippen molar-refractivity contribution in [2.75, 3.05) is 0 Å². The van der Waals surface area contributed by atoms with Crippen molar-refractivity contribution in [2.45, 2.75) is 90.5 Å². The molecular weight excluding hydrogens is 370 g/mol. The molecule has 0 aromatic carbocycles. The first kappa shape index (κ1) is 25.7. The van der Waals surface area contributed by atoms with E-state index in [-0.39, 0.29) is 60.8 Å². The molecule has 1 aliphatic heterocycles. The van der Waals surface area contributed by atoms with Crippen LogP contribution in [-0.4, -0.2) is 34.6 Å². The van der Waals surface area contributed by atoms with Gasteiger partial charge in [-0.05, 0) is 49.5 Å². The van der Waals surface area contributed by atoms with Gasteiger partial charge >= 0.3 is 35.5 Å². The molecule has 1 heterocycles. The Morgan fingerprint density at radius 3 is 2.75 bits per heavy atom. The summed E-state index contributed by atoms with van der Waals surface area (Å²) in [6.07, 6.45) is 9.74. The molecule has 5 atom stereocenters. The maximum atomic E-state index is 14.9.